The Hall–Kier alpha value is -2.13. The zero-order chi connectivity index (χ0) is 19.6. The molecular formula is C17H25N3O5S. The van der Waals surface area contributed by atoms with Gasteiger partial charge in [-0.3, -0.25) is 9.59 Å². The van der Waals surface area contributed by atoms with Crippen molar-refractivity contribution in [1.82, 2.24) is 9.21 Å². The van der Waals surface area contributed by atoms with E-state index in [9.17, 15) is 18.0 Å². The van der Waals surface area contributed by atoms with E-state index in [2.05, 4.69) is 5.32 Å². The van der Waals surface area contributed by atoms with Crippen molar-refractivity contribution in [2.24, 2.45) is 5.92 Å². The lowest BCUT2D eigenvalue weighted by molar-refractivity contribution is -0.114. The SMILES string of the molecule is CC(=O)Nc1ccc2c(c1)C(=O)N(C)C[C@H](C)[C@H](CN(C)S(C)(=O)=O)O2. The van der Waals surface area contributed by atoms with E-state index >= 15 is 0 Å². The number of carbonyl (C=O) groups is 2. The number of nitrogens with zero attached hydrogens (tertiary/aromatic N) is 2. The molecule has 8 nitrogen and oxygen atoms in total. The summed E-state index contributed by atoms with van der Waals surface area (Å²) in [5.41, 5.74) is 0.831. The van der Waals surface area contributed by atoms with Gasteiger partial charge in [0.2, 0.25) is 15.9 Å². The van der Waals surface area contributed by atoms with E-state index in [0.717, 1.165) is 6.26 Å². The van der Waals surface area contributed by atoms with Crippen LogP contribution in [0.5, 0.6) is 5.75 Å². The summed E-state index contributed by atoms with van der Waals surface area (Å²) in [4.78, 5) is 25.5. The van der Waals surface area contributed by atoms with Gasteiger partial charge in [0, 0.05) is 39.2 Å². The minimum Gasteiger partial charge on any atom is -0.488 e. The topological polar surface area (TPSA) is 96.0 Å². The molecule has 2 rings (SSSR count). The number of ether oxygens (including phenoxy) is 1. The molecule has 0 spiro atoms. The van der Waals surface area contributed by atoms with Crippen molar-refractivity contribution in [3.63, 3.8) is 0 Å². The van der Waals surface area contributed by atoms with E-state index in [1.807, 2.05) is 6.92 Å². The molecule has 1 aliphatic heterocycles. The third-order valence-corrected chi connectivity index (χ3v) is 5.64. The minimum absolute atomic E-state index is 0.0729. The Balaban J connectivity index is 2.39. The van der Waals surface area contributed by atoms with Crippen LogP contribution in [0.1, 0.15) is 24.2 Å². The molecule has 0 radical (unpaired) electrons. The van der Waals surface area contributed by atoms with Gasteiger partial charge in [-0.2, -0.15) is 0 Å². The maximum Gasteiger partial charge on any atom is 0.257 e. The Bertz CT molecular complexity index is 809. The lowest BCUT2D eigenvalue weighted by Crippen LogP contribution is -2.46. The predicted octanol–water partition coefficient (Wildman–Crippen LogP) is 1.01. The number of fused-ring (bicyclic) bond motifs is 1. The summed E-state index contributed by atoms with van der Waals surface area (Å²) in [5.74, 6) is -0.154. The first-order chi connectivity index (χ1) is 12.0. The second-order valence-electron chi connectivity index (χ2n) is 6.75. The number of sulfonamides is 1. The molecule has 1 aliphatic rings. The van der Waals surface area contributed by atoms with Crippen molar-refractivity contribution in [2.75, 3.05) is 38.8 Å². The summed E-state index contributed by atoms with van der Waals surface area (Å²) in [7, 11) is -0.153. The van der Waals surface area contributed by atoms with Crippen LogP contribution in [0.15, 0.2) is 18.2 Å². The second-order valence-corrected chi connectivity index (χ2v) is 8.84. The zero-order valence-electron chi connectivity index (χ0n) is 15.6. The Labute approximate surface area is 154 Å². The second kappa shape index (κ2) is 7.63. The fourth-order valence-electron chi connectivity index (χ4n) is 2.80. The summed E-state index contributed by atoms with van der Waals surface area (Å²) < 4.78 is 30.7. The van der Waals surface area contributed by atoms with Gasteiger partial charge in [-0.1, -0.05) is 6.92 Å². The number of likely N-dealkylation sites (N-methyl/N-ethyl adjacent to an activating group) is 1. The van der Waals surface area contributed by atoms with Gasteiger partial charge < -0.3 is 15.0 Å². The fraction of sp³-hybridized carbons (Fsp3) is 0.529. The standard InChI is InChI=1S/C17H25N3O5S/c1-11-9-19(3)17(22)14-8-13(18-12(2)21)6-7-15(14)25-16(11)10-20(4)26(5,23)24/h6-8,11,16H,9-10H2,1-5H3,(H,18,21)/t11-,16-/m0/s1. The van der Waals surface area contributed by atoms with Crippen LogP contribution in [-0.4, -0.2) is 69.0 Å². The van der Waals surface area contributed by atoms with Gasteiger partial charge in [-0.05, 0) is 18.2 Å². The average molecular weight is 383 g/mol. The molecule has 1 N–H and O–H groups in total. The van der Waals surface area contributed by atoms with Crippen LogP contribution in [0.25, 0.3) is 0 Å². The van der Waals surface area contributed by atoms with Crippen molar-refractivity contribution in [3.05, 3.63) is 23.8 Å². The molecule has 26 heavy (non-hydrogen) atoms. The molecule has 0 saturated carbocycles. The Morgan fingerprint density at radius 3 is 2.65 bits per heavy atom. The quantitative estimate of drug-likeness (QED) is 0.837. The Morgan fingerprint density at radius 1 is 1.42 bits per heavy atom. The van der Waals surface area contributed by atoms with Crippen molar-refractivity contribution in [2.45, 2.75) is 20.0 Å². The largest absolute Gasteiger partial charge is 0.488 e. The summed E-state index contributed by atoms with van der Waals surface area (Å²) in [6, 6.07) is 4.85. The third-order valence-electron chi connectivity index (χ3n) is 4.36. The van der Waals surface area contributed by atoms with Crippen molar-refractivity contribution < 1.29 is 22.7 Å². The minimum atomic E-state index is -3.34. The molecule has 0 aliphatic carbocycles. The number of nitrogens with one attached hydrogen (secondary N) is 1. The maximum atomic E-state index is 12.7. The highest BCUT2D eigenvalue weighted by Crippen LogP contribution is 2.29. The van der Waals surface area contributed by atoms with E-state index in [4.69, 9.17) is 4.74 Å². The van der Waals surface area contributed by atoms with Gasteiger partial charge in [0.15, 0.2) is 0 Å². The number of rotatable bonds is 4. The van der Waals surface area contributed by atoms with Gasteiger partial charge >= 0.3 is 0 Å². The molecule has 1 heterocycles. The first-order valence-electron chi connectivity index (χ1n) is 8.24. The van der Waals surface area contributed by atoms with E-state index in [-0.39, 0.29) is 24.3 Å². The van der Waals surface area contributed by atoms with E-state index in [1.54, 1.807) is 30.1 Å². The lowest BCUT2D eigenvalue weighted by Gasteiger charge is -2.34. The molecule has 1 aromatic rings. The summed E-state index contributed by atoms with van der Waals surface area (Å²) in [6.07, 6.45) is 0.722. The number of anilines is 1. The van der Waals surface area contributed by atoms with Gasteiger partial charge in [-0.25, -0.2) is 12.7 Å². The Kier molecular flexibility index (Phi) is 5.92. The van der Waals surface area contributed by atoms with E-state index in [1.165, 1.54) is 18.3 Å². The Morgan fingerprint density at radius 2 is 2.08 bits per heavy atom. The molecule has 0 fully saturated rings. The highest BCUT2D eigenvalue weighted by Gasteiger charge is 2.31. The van der Waals surface area contributed by atoms with Crippen molar-refractivity contribution >= 4 is 27.5 Å². The molecule has 9 heteroatoms. The molecule has 0 bridgehead atoms. The van der Waals surface area contributed by atoms with E-state index in [0.29, 0.717) is 23.5 Å². The number of hydrogen-bond donors (Lipinski definition) is 1. The monoisotopic (exact) mass is 383 g/mol. The van der Waals surface area contributed by atoms with Crippen LogP contribution in [0.3, 0.4) is 0 Å². The highest BCUT2D eigenvalue weighted by atomic mass is 32.2. The summed E-state index contributed by atoms with van der Waals surface area (Å²) in [5, 5.41) is 2.65. The van der Waals surface area contributed by atoms with Gasteiger partial charge in [0.1, 0.15) is 11.9 Å². The fourth-order valence-corrected chi connectivity index (χ4v) is 3.22. The molecule has 0 aromatic heterocycles. The molecule has 144 valence electrons. The normalized spacial score (nSPS) is 20.8. The predicted molar refractivity (Wildman–Crippen MR) is 98.8 cm³/mol. The van der Waals surface area contributed by atoms with Gasteiger partial charge in [0.05, 0.1) is 18.4 Å². The molecule has 2 atom stereocenters. The molecule has 0 saturated heterocycles. The van der Waals surface area contributed by atoms with Crippen LogP contribution in [-0.2, 0) is 14.8 Å². The van der Waals surface area contributed by atoms with Crippen LogP contribution in [0.2, 0.25) is 0 Å². The summed E-state index contributed by atoms with van der Waals surface area (Å²) >= 11 is 0. The number of carbonyl (C=O) groups excluding carboxylic acids is 2. The lowest BCUT2D eigenvalue weighted by atomic mass is 10.0. The van der Waals surface area contributed by atoms with Gasteiger partial charge in [0.25, 0.3) is 5.91 Å². The summed E-state index contributed by atoms with van der Waals surface area (Å²) in [6.45, 7) is 3.90. The molecule has 1 aromatic carbocycles. The first-order valence-corrected chi connectivity index (χ1v) is 10.1. The van der Waals surface area contributed by atoms with Crippen LogP contribution in [0, 0.1) is 5.92 Å². The van der Waals surface area contributed by atoms with Crippen LogP contribution in [0.4, 0.5) is 5.69 Å². The van der Waals surface area contributed by atoms with Gasteiger partial charge in [-0.15, -0.1) is 0 Å². The third kappa shape index (κ3) is 4.73. The highest BCUT2D eigenvalue weighted by molar-refractivity contribution is 7.88. The number of hydrogen-bond acceptors (Lipinski definition) is 5. The average Bonchev–Trinajstić information content (AvgIpc) is 2.52. The molecule has 2 amide bonds. The zero-order valence-corrected chi connectivity index (χ0v) is 16.5. The van der Waals surface area contributed by atoms with Crippen molar-refractivity contribution in [1.29, 1.82) is 0 Å². The van der Waals surface area contributed by atoms with Crippen LogP contribution < -0.4 is 10.1 Å². The molecular weight excluding hydrogens is 358 g/mol. The number of benzene rings is 1. The van der Waals surface area contributed by atoms with E-state index < -0.39 is 16.1 Å². The molecule has 0 unspecified atom stereocenters. The maximum absolute atomic E-state index is 12.7. The first kappa shape index (κ1) is 20.2. The van der Waals surface area contributed by atoms with Crippen molar-refractivity contribution in [3.8, 4) is 5.75 Å². The smallest absolute Gasteiger partial charge is 0.257 e. The number of amides is 2. The van der Waals surface area contributed by atoms with Crippen LogP contribution >= 0.6 is 0 Å².